The highest BCUT2D eigenvalue weighted by atomic mass is 79.9. The van der Waals surface area contributed by atoms with E-state index >= 15 is 0 Å². The first-order valence-corrected chi connectivity index (χ1v) is 6.53. The van der Waals surface area contributed by atoms with Crippen LogP contribution in [0.15, 0.2) is 28.7 Å². The topological polar surface area (TPSA) is 3.24 Å². The van der Waals surface area contributed by atoms with Crippen molar-refractivity contribution in [1.82, 2.24) is 4.90 Å². The van der Waals surface area contributed by atoms with Gasteiger partial charge in [0.25, 0.3) is 0 Å². The zero-order valence-electron chi connectivity index (χ0n) is 9.25. The molecule has 1 heterocycles. The number of halogens is 1. The van der Waals surface area contributed by atoms with Gasteiger partial charge in [-0.15, -0.1) is 0 Å². The zero-order chi connectivity index (χ0) is 10.7. The second kappa shape index (κ2) is 5.13. The molecule has 1 aliphatic heterocycles. The highest BCUT2D eigenvalue weighted by Gasteiger charge is 2.15. The molecule has 1 aromatic rings. The second-order valence-corrected chi connectivity index (χ2v) is 5.38. The fraction of sp³-hybridized carbons (Fsp3) is 0.538. The molecule has 2 rings (SSSR count). The van der Waals surface area contributed by atoms with Gasteiger partial charge in [0.2, 0.25) is 0 Å². The predicted octanol–water partition coefficient (Wildman–Crippen LogP) is 3.65. The van der Waals surface area contributed by atoms with Crippen molar-refractivity contribution in [3.05, 3.63) is 34.3 Å². The largest absolute Gasteiger partial charge is 0.303 e. The zero-order valence-corrected chi connectivity index (χ0v) is 10.8. The quantitative estimate of drug-likeness (QED) is 0.808. The summed E-state index contributed by atoms with van der Waals surface area (Å²) in [5, 5.41) is 0. The molecule has 1 nitrogen and oxygen atoms in total. The highest BCUT2D eigenvalue weighted by molar-refractivity contribution is 9.10. The summed E-state index contributed by atoms with van der Waals surface area (Å²) in [4.78, 5) is 2.57. The van der Waals surface area contributed by atoms with Crippen LogP contribution in [0.2, 0.25) is 0 Å². The summed E-state index contributed by atoms with van der Waals surface area (Å²) in [6.45, 7) is 6.10. The Morgan fingerprint density at radius 2 is 2.07 bits per heavy atom. The van der Waals surface area contributed by atoms with Gasteiger partial charge in [0, 0.05) is 11.0 Å². The summed E-state index contributed by atoms with van der Waals surface area (Å²) in [5.41, 5.74) is 1.44. The number of rotatable bonds is 3. The molecule has 0 N–H and O–H groups in total. The Bertz CT molecular complexity index is 318. The minimum absolute atomic E-state index is 0.639. The molecule has 0 aromatic heterocycles. The molecular formula is C13H18BrN. The number of benzene rings is 1. The van der Waals surface area contributed by atoms with Crippen molar-refractivity contribution in [3.63, 3.8) is 0 Å². The molecule has 15 heavy (non-hydrogen) atoms. The standard InChI is InChI=1S/C13H18BrN/c1-11(10-15-7-2-3-8-15)12-5-4-6-13(14)9-12/h4-6,9,11H,2-3,7-8,10H2,1H3. The van der Waals surface area contributed by atoms with E-state index in [2.05, 4.69) is 52.0 Å². The minimum Gasteiger partial charge on any atom is -0.303 e. The van der Waals surface area contributed by atoms with Gasteiger partial charge in [-0.25, -0.2) is 0 Å². The molecule has 1 unspecified atom stereocenters. The third-order valence-corrected chi connectivity index (χ3v) is 3.64. The Kier molecular flexibility index (Phi) is 3.81. The molecule has 1 atom stereocenters. The summed E-state index contributed by atoms with van der Waals surface area (Å²) < 4.78 is 1.19. The fourth-order valence-electron chi connectivity index (χ4n) is 2.27. The van der Waals surface area contributed by atoms with Gasteiger partial charge in [0.05, 0.1) is 0 Å². The predicted molar refractivity (Wildman–Crippen MR) is 68.2 cm³/mol. The van der Waals surface area contributed by atoms with Crippen LogP contribution in [-0.2, 0) is 0 Å². The second-order valence-electron chi connectivity index (χ2n) is 4.46. The highest BCUT2D eigenvalue weighted by Crippen LogP contribution is 2.22. The average molecular weight is 268 g/mol. The Balaban J connectivity index is 1.97. The Morgan fingerprint density at radius 1 is 1.33 bits per heavy atom. The summed E-state index contributed by atoms with van der Waals surface area (Å²) >= 11 is 3.53. The van der Waals surface area contributed by atoms with E-state index in [9.17, 15) is 0 Å². The molecule has 0 spiro atoms. The van der Waals surface area contributed by atoms with Crippen molar-refractivity contribution in [2.75, 3.05) is 19.6 Å². The fourth-order valence-corrected chi connectivity index (χ4v) is 2.69. The Morgan fingerprint density at radius 3 is 2.73 bits per heavy atom. The lowest BCUT2D eigenvalue weighted by Crippen LogP contribution is -2.24. The number of nitrogens with zero attached hydrogens (tertiary/aromatic N) is 1. The molecular weight excluding hydrogens is 250 g/mol. The van der Waals surface area contributed by atoms with Crippen LogP contribution in [0.4, 0.5) is 0 Å². The van der Waals surface area contributed by atoms with E-state index in [-0.39, 0.29) is 0 Å². The van der Waals surface area contributed by atoms with E-state index in [4.69, 9.17) is 0 Å². The van der Waals surface area contributed by atoms with Crippen molar-refractivity contribution in [2.24, 2.45) is 0 Å². The third kappa shape index (κ3) is 3.05. The van der Waals surface area contributed by atoms with Crippen LogP contribution in [0.25, 0.3) is 0 Å². The maximum absolute atomic E-state index is 3.53. The molecule has 0 saturated carbocycles. The number of hydrogen-bond acceptors (Lipinski definition) is 1. The summed E-state index contributed by atoms with van der Waals surface area (Å²) in [5.74, 6) is 0.639. The van der Waals surface area contributed by atoms with Crippen LogP contribution in [-0.4, -0.2) is 24.5 Å². The van der Waals surface area contributed by atoms with E-state index < -0.39 is 0 Å². The summed E-state index contributed by atoms with van der Waals surface area (Å²) in [6, 6.07) is 8.68. The minimum atomic E-state index is 0.639. The van der Waals surface area contributed by atoms with Crippen LogP contribution < -0.4 is 0 Å². The van der Waals surface area contributed by atoms with Crippen LogP contribution in [0.3, 0.4) is 0 Å². The number of hydrogen-bond donors (Lipinski definition) is 0. The maximum atomic E-state index is 3.53. The maximum Gasteiger partial charge on any atom is 0.0178 e. The van der Waals surface area contributed by atoms with Gasteiger partial charge in [-0.05, 0) is 49.5 Å². The number of likely N-dealkylation sites (tertiary alicyclic amines) is 1. The lowest BCUT2D eigenvalue weighted by Gasteiger charge is -2.20. The molecule has 1 fully saturated rings. The van der Waals surface area contributed by atoms with Gasteiger partial charge in [0.15, 0.2) is 0 Å². The molecule has 0 aliphatic carbocycles. The molecule has 82 valence electrons. The van der Waals surface area contributed by atoms with E-state index in [0.717, 1.165) is 0 Å². The lowest BCUT2D eigenvalue weighted by molar-refractivity contribution is 0.320. The van der Waals surface area contributed by atoms with E-state index in [1.807, 2.05) is 0 Å². The molecule has 0 bridgehead atoms. The first-order valence-electron chi connectivity index (χ1n) is 5.73. The Labute approximate surface area is 101 Å². The molecule has 2 heteroatoms. The van der Waals surface area contributed by atoms with Gasteiger partial charge in [-0.1, -0.05) is 35.0 Å². The van der Waals surface area contributed by atoms with Crippen molar-refractivity contribution in [2.45, 2.75) is 25.7 Å². The normalized spacial score (nSPS) is 19.3. The van der Waals surface area contributed by atoms with Crippen LogP contribution in [0.5, 0.6) is 0 Å². The average Bonchev–Trinajstić information content (AvgIpc) is 2.70. The molecule has 1 aromatic carbocycles. The molecule has 0 radical (unpaired) electrons. The molecule has 1 aliphatic rings. The monoisotopic (exact) mass is 267 g/mol. The van der Waals surface area contributed by atoms with Crippen LogP contribution in [0.1, 0.15) is 31.2 Å². The van der Waals surface area contributed by atoms with Crippen LogP contribution in [0, 0.1) is 0 Å². The van der Waals surface area contributed by atoms with E-state index in [1.54, 1.807) is 0 Å². The smallest absolute Gasteiger partial charge is 0.0178 e. The van der Waals surface area contributed by atoms with Gasteiger partial charge in [-0.2, -0.15) is 0 Å². The van der Waals surface area contributed by atoms with Crippen molar-refractivity contribution in [1.29, 1.82) is 0 Å². The molecule has 1 saturated heterocycles. The van der Waals surface area contributed by atoms with Crippen molar-refractivity contribution >= 4 is 15.9 Å². The van der Waals surface area contributed by atoms with Gasteiger partial charge < -0.3 is 4.90 Å². The SMILES string of the molecule is CC(CN1CCCC1)c1cccc(Br)c1. The first kappa shape index (κ1) is 11.2. The van der Waals surface area contributed by atoms with Gasteiger partial charge in [0.1, 0.15) is 0 Å². The van der Waals surface area contributed by atoms with Crippen LogP contribution >= 0.6 is 15.9 Å². The molecule has 0 amide bonds. The van der Waals surface area contributed by atoms with E-state index in [1.165, 1.54) is 42.5 Å². The van der Waals surface area contributed by atoms with Crippen molar-refractivity contribution in [3.8, 4) is 0 Å². The summed E-state index contributed by atoms with van der Waals surface area (Å²) in [7, 11) is 0. The third-order valence-electron chi connectivity index (χ3n) is 3.15. The first-order chi connectivity index (χ1) is 7.25. The van der Waals surface area contributed by atoms with E-state index in [0.29, 0.717) is 5.92 Å². The Hall–Kier alpha value is -0.340. The van der Waals surface area contributed by atoms with Crippen molar-refractivity contribution < 1.29 is 0 Å². The van der Waals surface area contributed by atoms with Gasteiger partial charge in [-0.3, -0.25) is 0 Å². The lowest BCUT2D eigenvalue weighted by atomic mass is 10.0. The van der Waals surface area contributed by atoms with Gasteiger partial charge >= 0.3 is 0 Å². The summed E-state index contributed by atoms with van der Waals surface area (Å²) in [6.07, 6.45) is 2.76.